The van der Waals surface area contributed by atoms with E-state index in [-0.39, 0.29) is 23.9 Å². The maximum absolute atomic E-state index is 13.4. The van der Waals surface area contributed by atoms with Crippen LogP contribution in [0.4, 0.5) is 10.1 Å². The maximum atomic E-state index is 13.4. The van der Waals surface area contributed by atoms with Crippen molar-refractivity contribution in [3.8, 4) is 5.75 Å². The molecule has 1 fully saturated rings. The monoisotopic (exact) mass is 358 g/mol. The van der Waals surface area contributed by atoms with Crippen molar-refractivity contribution in [1.82, 2.24) is 5.32 Å². The molecule has 0 saturated carbocycles. The fourth-order valence-electron chi connectivity index (χ4n) is 2.89. The predicted octanol–water partition coefficient (Wildman–Crippen LogP) is 2.86. The number of halogens is 1. The van der Waals surface area contributed by atoms with Crippen LogP contribution in [0.5, 0.6) is 5.75 Å². The van der Waals surface area contributed by atoms with Crippen LogP contribution < -0.4 is 15.0 Å². The number of anilines is 1. The molecule has 0 spiro atoms. The number of ether oxygens (including phenoxy) is 2. The molecule has 138 valence electrons. The number of carbonyl (C=O) groups is 1. The zero-order chi connectivity index (χ0) is 18.5. The summed E-state index contributed by atoms with van der Waals surface area (Å²) in [5.74, 6) is -0.0943. The van der Waals surface area contributed by atoms with Crippen LogP contribution in [-0.4, -0.2) is 45.4 Å². The van der Waals surface area contributed by atoms with Crippen molar-refractivity contribution in [2.45, 2.75) is 18.6 Å². The van der Waals surface area contributed by atoms with E-state index >= 15 is 0 Å². The first-order valence-electron chi connectivity index (χ1n) is 8.61. The highest BCUT2D eigenvalue weighted by molar-refractivity contribution is 5.95. The number of nitrogens with zero attached hydrogens (tertiary/aromatic N) is 1. The zero-order valence-electron chi connectivity index (χ0n) is 14.9. The molecule has 3 rings (SSSR count). The molecular formula is C20H23FN2O3. The molecule has 1 aliphatic heterocycles. The molecule has 1 aliphatic rings. The molecule has 0 radical (unpaired) electrons. The Kier molecular flexibility index (Phi) is 5.73. The van der Waals surface area contributed by atoms with Crippen LogP contribution in [0, 0.1) is 5.82 Å². The summed E-state index contributed by atoms with van der Waals surface area (Å²) in [6.07, 6.45) is 0.269. The van der Waals surface area contributed by atoms with Gasteiger partial charge in [0.05, 0.1) is 12.6 Å². The SMILES string of the molecule is CN(C)c1cccc(C(=O)N[C@@H]2CCOC[C@H]2Oc2cccc(F)c2)c1. The predicted molar refractivity (Wildman–Crippen MR) is 98.3 cm³/mol. The fourth-order valence-corrected chi connectivity index (χ4v) is 2.89. The van der Waals surface area contributed by atoms with Crippen LogP contribution in [0.2, 0.25) is 0 Å². The third kappa shape index (κ3) is 4.52. The van der Waals surface area contributed by atoms with Gasteiger partial charge in [0.1, 0.15) is 17.7 Å². The second kappa shape index (κ2) is 8.19. The Morgan fingerprint density at radius 3 is 2.81 bits per heavy atom. The molecule has 2 atom stereocenters. The number of benzene rings is 2. The van der Waals surface area contributed by atoms with E-state index in [0.717, 1.165) is 5.69 Å². The summed E-state index contributed by atoms with van der Waals surface area (Å²) in [5, 5.41) is 3.03. The van der Waals surface area contributed by atoms with E-state index in [2.05, 4.69) is 5.32 Å². The number of amides is 1. The second-order valence-electron chi connectivity index (χ2n) is 6.50. The van der Waals surface area contributed by atoms with Crippen LogP contribution in [-0.2, 0) is 4.74 Å². The molecule has 26 heavy (non-hydrogen) atoms. The second-order valence-corrected chi connectivity index (χ2v) is 6.50. The van der Waals surface area contributed by atoms with Crippen molar-refractivity contribution in [3.05, 3.63) is 59.9 Å². The van der Waals surface area contributed by atoms with Crippen LogP contribution in [0.25, 0.3) is 0 Å². The summed E-state index contributed by atoms with van der Waals surface area (Å²) in [6.45, 7) is 0.894. The van der Waals surface area contributed by atoms with Crippen molar-refractivity contribution in [3.63, 3.8) is 0 Å². The molecule has 1 amide bonds. The van der Waals surface area contributed by atoms with Gasteiger partial charge in [0, 0.05) is 38.0 Å². The Hall–Kier alpha value is -2.60. The van der Waals surface area contributed by atoms with Crippen molar-refractivity contribution in [2.75, 3.05) is 32.2 Å². The minimum Gasteiger partial charge on any atom is -0.486 e. The highest BCUT2D eigenvalue weighted by Crippen LogP contribution is 2.20. The van der Waals surface area contributed by atoms with Gasteiger partial charge in [-0.25, -0.2) is 4.39 Å². The molecule has 2 aromatic rings. The first kappa shape index (κ1) is 18.2. The summed E-state index contributed by atoms with van der Waals surface area (Å²) in [7, 11) is 3.86. The summed E-state index contributed by atoms with van der Waals surface area (Å²) in [6, 6.07) is 13.2. The van der Waals surface area contributed by atoms with Crippen LogP contribution in [0.15, 0.2) is 48.5 Å². The lowest BCUT2D eigenvalue weighted by Gasteiger charge is -2.32. The van der Waals surface area contributed by atoms with Gasteiger partial charge in [0.25, 0.3) is 5.91 Å². The first-order valence-corrected chi connectivity index (χ1v) is 8.61. The van der Waals surface area contributed by atoms with Gasteiger partial charge in [0.2, 0.25) is 0 Å². The minimum absolute atomic E-state index is 0.159. The molecule has 0 unspecified atom stereocenters. The third-order valence-electron chi connectivity index (χ3n) is 4.33. The van der Waals surface area contributed by atoms with Crippen LogP contribution >= 0.6 is 0 Å². The van der Waals surface area contributed by atoms with E-state index in [1.165, 1.54) is 12.1 Å². The highest BCUT2D eigenvalue weighted by Gasteiger charge is 2.29. The topological polar surface area (TPSA) is 50.8 Å². The summed E-state index contributed by atoms with van der Waals surface area (Å²) in [5.41, 5.74) is 1.55. The Balaban J connectivity index is 1.70. The maximum Gasteiger partial charge on any atom is 0.251 e. The number of rotatable bonds is 5. The Morgan fingerprint density at radius 1 is 1.23 bits per heavy atom. The van der Waals surface area contributed by atoms with Crippen LogP contribution in [0.3, 0.4) is 0 Å². The van der Waals surface area contributed by atoms with Gasteiger partial charge in [-0.05, 0) is 36.8 Å². The smallest absolute Gasteiger partial charge is 0.251 e. The largest absolute Gasteiger partial charge is 0.486 e. The molecule has 1 saturated heterocycles. The zero-order valence-corrected chi connectivity index (χ0v) is 14.9. The molecule has 1 N–H and O–H groups in total. The highest BCUT2D eigenvalue weighted by atomic mass is 19.1. The quantitative estimate of drug-likeness (QED) is 0.893. The lowest BCUT2D eigenvalue weighted by atomic mass is 10.0. The number of hydrogen-bond donors (Lipinski definition) is 1. The molecule has 0 aromatic heterocycles. The lowest BCUT2D eigenvalue weighted by Crippen LogP contribution is -2.51. The number of carbonyl (C=O) groups excluding carboxylic acids is 1. The van der Waals surface area contributed by atoms with E-state index < -0.39 is 0 Å². The molecule has 6 heteroatoms. The van der Waals surface area contributed by atoms with Gasteiger partial charge in [-0.15, -0.1) is 0 Å². The van der Waals surface area contributed by atoms with Crippen molar-refractivity contribution in [2.24, 2.45) is 0 Å². The normalized spacial score (nSPS) is 19.7. The molecule has 0 bridgehead atoms. The van der Waals surface area contributed by atoms with Crippen LogP contribution in [0.1, 0.15) is 16.8 Å². The molecular weight excluding hydrogens is 335 g/mol. The van der Waals surface area contributed by atoms with E-state index in [9.17, 15) is 9.18 Å². The average molecular weight is 358 g/mol. The summed E-state index contributed by atoms with van der Waals surface area (Å²) in [4.78, 5) is 14.6. The van der Waals surface area contributed by atoms with Gasteiger partial charge < -0.3 is 19.7 Å². The lowest BCUT2D eigenvalue weighted by molar-refractivity contribution is -0.0136. The fraction of sp³-hybridized carbons (Fsp3) is 0.350. The first-order chi connectivity index (χ1) is 12.5. The van der Waals surface area contributed by atoms with Gasteiger partial charge in [-0.2, -0.15) is 0 Å². The molecule has 2 aromatic carbocycles. The number of nitrogens with one attached hydrogen (secondary N) is 1. The summed E-state index contributed by atoms with van der Waals surface area (Å²) < 4.78 is 24.7. The van der Waals surface area contributed by atoms with E-state index in [1.54, 1.807) is 18.2 Å². The van der Waals surface area contributed by atoms with Gasteiger partial charge in [-0.1, -0.05) is 12.1 Å². The summed E-state index contributed by atoms with van der Waals surface area (Å²) >= 11 is 0. The van der Waals surface area contributed by atoms with Gasteiger partial charge >= 0.3 is 0 Å². The van der Waals surface area contributed by atoms with Crippen molar-refractivity contribution >= 4 is 11.6 Å². The van der Waals surface area contributed by atoms with E-state index in [1.807, 2.05) is 37.2 Å². The van der Waals surface area contributed by atoms with E-state index in [4.69, 9.17) is 9.47 Å². The Labute approximate surface area is 152 Å². The standard InChI is InChI=1S/C20H23FN2O3/c1-23(2)16-7-3-5-14(11-16)20(24)22-18-9-10-25-13-19(18)26-17-8-4-6-15(21)12-17/h3-8,11-12,18-19H,9-10,13H2,1-2H3,(H,22,24)/t18-,19-/m1/s1. The number of hydrogen-bond acceptors (Lipinski definition) is 4. The molecule has 1 heterocycles. The van der Waals surface area contributed by atoms with Crippen molar-refractivity contribution < 1.29 is 18.7 Å². The molecule has 0 aliphatic carbocycles. The third-order valence-corrected chi connectivity index (χ3v) is 4.33. The van der Waals surface area contributed by atoms with E-state index in [0.29, 0.717) is 30.9 Å². The van der Waals surface area contributed by atoms with Gasteiger partial charge in [-0.3, -0.25) is 4.79 Å². The Bertz CT molecular complexity index is 766. The minimum atomic E-state index is -0.369. The molecule has 5 nitrogen and oxygen atoms in total. The van der Waals surface area contributed by atoms with Gasteiger partial charge in [0.15, 0.2) is 0 Å². The average Bonchev–Trinajstić information content (AvgIpc) is 2.63. The Morgan fingerprint density at radius 2 is 2.04 bits per heavy atom. The van der Waals surface area contributed by atoms with Crippen molar-refractivity contribution in [1.29, 1.82) is 0 Å².